The van der Waals surface area contributed by atoms with Gasteiger partial charge in [0.15, 0.2) is 0 Å². The van der Waals surface area contributed by atoms with Crippen LogP contribution in [-0.2, 0) is 4.79 Å². The van der Waals surface area contributed by atoms with Crippen molar-refractivity contribution in [3.05, 3.63) is 59.1 Å². The number of piperazine rings is 1. The second kappa shape index (κ2) is 8.44. The van der Waals surface area contributed by atoms with Gasteiger partial charge >= 0.3 is 0 Å². The highest BCUT2D eigenvalue weighted by Crippen LogP contribution is 2.24. The Morgan fingerprint density at radius 2 is 1.74 bits per heavy atom. The van der Waals surface area contributed by atoms with Crippen LogP contribution in [0.5, 0.6) is 0 Å². The van der Waals surface area contributed by atoms with Crippen molar-refractivity contribution in [1.29, 1.82) is 0 Å². The molecule has 27 heavy (non-hydrogen) atoms. The molecule has 2 aromatic carbocycles. The lowest BCUT2D eigenvalue weighted by Crippen LogP contribution is -2.49. The monoisotopic (exact) mass is 385 g/mol. The van der Waals surface area contributed by atoms with Crippen LogP contribution in [0.1, 0.15) is 23.7 Å². The summed E-state index contributed by atoms with van der Waals surface area (Å²) in [7, 11) is 1.72. The van der Waals surface area contributed by atoms with Crippen LogP contribution in [0.3, 0.4) is 0 Å². The molecule has 0 aliphatic carbocycles. The third kappa shape index (κ3) is 4.25. The van der Waals surface area contributed by atoms with Gasteiger partial charge in [0, 0.05) is 50.4 Å². The maximum atomic E-state index is 13.1. The molecule has 1 saturated heterocycles. The van der Waals surface area contributed by atoms with Gasteiger partial charge in [0.25, 0.3) is 5.91 Å². The van der Waals surface area contributed by atoms with E-state index in [1.165, 1.54) is 0 Å². The first kappa shape index (κ1) is 19.2. The smallest absolute Gasteiger partial charge is 0.256 e. The second-order valence-electron chi connectivity index (χ2n) is 6.58. The standard InChI is InChI=1S/C21H24ClN3O2/c1-3-20(26)23(2)19-10-5-4-9-18(19)21(27)25-13-11-24(12-14-25)17-8-6-7-16(22)15-17/h4-10,15H,3,11-14H2,1-2H3. The van der Waals surface area contributed by atoms with E-state index >= 15 is 0 Å². The summed E-state index contributed by atoms with van der Waals surface area (Å²) in [5.74, 6) is -0.0480. The number of nitrogens with zero attached hydrogens (tertiary/aromatic N) is 3. The molecule has 1 heterocycles. The Balaban J connectivity index is 1.72. The molecule has 142 valence electrons. The lowest BCUT2D eigenvalue weighted by Gasteiger charge is -2.36. The average molecular weight is 386 g/mol. The van der Waals surface area contributed by atoms with Crippen molar-refractivity contribution >= 4 is 34.8 Å². The normalized spacial score (nSPS) is 14.2. The molecule has 0 saturated carbocycles. The first-order valence-corrected chi connectivity index (χ1v) is 9.54. The zero-order chi connectivity index (χ0) is 19.4. The highest BCUT2D eigenvalue weighted by molar-refractivity contribution is 6.30. The molecule has 0 spiro atoms. The van der Waals surface area contributed by atoms with Crippen molar-refractivity contribution in [1.82, 2.24) is 4.90 Å². The number of para-hydroxylation sites is 1. The molecule has 0 bridgehead atoms. The molecule has 0 aromatic heterocycles. The van der Waals surface area contributed by atoms with Gasteiger partial charge < -0.3 is 14.7 Å². The summed E-state index contributed by atoms with van der Waals surface area (Å²) in [6, 6.07) is 15.1. The van der Waals surface area contributed by atoms with Crippen LogP contribution in [0.4, 0.5) is 11.4 Å². The highest BCUT2D eigenvalue weighted by atomic mass is 35.5. The summed E-state index contributed by atoms with van der Waals surface area (Å²) in [6.45, 7) is 4.57. The van der Waals surface area contributed by atoms with Crippen LogP contribution in [0.2, 0.25) is 5.02 Å². The lowest BCUT2D eigenvalue weighted by atomic mass is 10.1. The number of benzene rings is 2. The Bertz CT molecular complexity index is 832. The molecule has 0 N–H and O–H groups in total. The van der Waals surface area contributed by atoms with Crippen molar-refractivity contribution in [2.24, 2.45) is 0 Å². The SMILES string of the molecule is CCC(=O)N(C)c1ccccc1C(=O)N1CCN(c2cccc(Cl)c2)CC1. The number of anilines is 2. The highest BCUT2D eigenvalue weighted by Gasteiger charge is 2.25. The molecular formula is C21H24ClN3O2. The predicted molar refractivity (Wildman–Crippen MR) is 110 cm³/mol. The van der Waals surface area contributed by atoms with E-state index in [4.69, 9.17) is 11.6 Å². The first-order chi connectivity index (χ1) is 13.0. The summed E-state index contributed by atoms with van der Waals surface area (Å²) in [5.41, 5.74) is 2.30. The maximum absolute atomic E-state index is 13.1. The fourth-order valence-corrected chi connectivity index (χ4v) is 3.51. The minimum absolute atomic E-state index is 0.0129. The van der Waals surface area contributed by atoms with Crippen LogP contribution < -0.4 is 9.80 Å². The molecule has 0 radical (unpaired) electrons. The van der Waals surface area contributed by atoms with E-state index in [-0.39, 0.29) is 11.8 Å². The van der Waals surface area contributed by atoms with Crippen molar-refractivity contribution < 1.29 is 9.59 Å². The summed E-state index contributed by atoms with van der Waals surface area (Å²) in [5, 5.41) is 0.712. The van der Waals surface area contributed by atoms with Crippen LogP contribution in [-0.4, -0.2) is 49.9 Å². The topological polar surface area (TPSA) is 43.9 Å². The lowest BCUT2D eigenvalue weighted by molar-refractivity contribution is -0.118. The average Bonchev–Trinajstić information content (AvgIpc) is 2.72. The number of carbonyl (C=O) groups is 2. The third-order valence-electron chi connectivity index (χ3n) is 4.91. The van der Waals surface area contributed by atoms with Gasteiger partial charge in [-0.3, -0.25) is 9.59 Å². The van der Waals surface area contributed by atoms with Gasteiger partial charge in [-0.2, -0.15) is 0 Å². The minimum atomic E-state index is -0.0351. The van der Waals surface area contributed by atoms with Gasteiger partial charge in [-0.05, 0) is 30.3 Å². The molecule has 1 aliphatic heterocycles. The molecule has 1 fully saturated rings. The van der Waals surface area contributed by atoms with Crippen molar-refractivity contribution in [3.8, 4) is 0 Å². The second-order valence-corrected chi connectivity index (χ2v) is 7.02. The zero-order valence-corrected chi connectivity index (χ0v) is 16.4. The summed E-state index contributed by atoms with van der Waals surface area (Å²) < 4.78 is 0. The first-order valence-electron chi connectivity index (χ1n) is 9.16. The number of rotatable bonds is 4. The van der Waals surface area contributed by atoms with E-state index in [9.17, 15) is 9.59 Å². The number of amides is 2. The van der Waals surface area contributed by atoms with Gasteiger partial charge in [-0.25, -0.2) is 0 Å². The Labute approximate surface area is 165 Å². The van der Waals surface area contributed by atoms with Gasteiger partial charge in [0.2, 0.25) is 5.91 Å². The summed E-state index contributed by atoms with van der Waals surface area (Å²) >= 11 is 6.08. The van der Waals surface area contributed by atoms with Crippen molar-refractivity contribution in [2.45, 2.75) is 13.3 Å². The number of hydrogen-bond acceptors (Lipinski definition) is 3. The zero-order valence-electron chi connectivity index (χ0n) is 15.7. The summed E-state index contributed by atoms with van der Waals surface area (Å²) in [4.78, 5) is 30.8. The minimum Gasteiger partial charge on any atom is -0.368 e. The molecule has 5 nitrogen and oxygen atoms in total. The molecular weight excluding hydrogens is 362 g/mol. The maximum Gasteiger partial charge on any atom is 0.256 e. The fraction of sp³-hybridized carbons (Fsp3) is 0.333. The van der Waals surface area contributed by atoms with Gasteiger partial charge in [0.05, 0.1) is 11.3 Å². The third-order valence-corrected chi connectivity index (χ3v) is 5.15. The molecule has 2 amide bonds. The predicted octanol–water partition coefficient (Wildman–Crippen LogP) is 3.68. The molecule has 0 atom stereocenters. The Morgan fingerprint density at radius 3 is 2.41 bits per heavy atom. The van der Waals surface area contributed by atoms with E-state index in [0.717, 1.165) is 18.8 Å². The molecule has 0 unspecified atom stereocenters. The van der Waals surface area contributed by atoms with Crippen LogP contribution in [0, 0.1) is 0 Å². The molecule has 2 aromatic rings. The van der Waals surface area contributed by atoms with Gasteiger partial charge in [-0.15, -0.1) is 0 Å². The number of halogens is 1. The van der Waals surface area contributed by atoms with Gasteiger partial charge in [-0.1, -0.05) is 36.7 Å². The Hall–Kier alpha value is -2.53. The fourth-order valence-electron chi connectivity index (χ4n) is 3.33. The molecule has 1 aliphatic rings. The van der Waals surface area contributed by atoms with Crippen molar-refractivity contribution in [3.63, 3.8) is 0 Å². The van der Waals surface area contributed by atoms with E-state index in [0.29, 0.717) is 35.8 Å². The van der Waals surface area contributed by atoms with Crippen LogP contribution >= 0.6 is 11.6 Å². The van der Waals surface area contributed by atoms with E-state index in [1.54, 1.807) is 18.0 Å². The largest absolute Gasteiger partial charge is 0.368 e. The molecule has 6 heteroatoms. The van der Waals surface area contributed by atoms with E-state index < -0.39 is 0 Å². The Kier molecular flexibility index (Phi) is 6.01. The van der Waals surface area contributed by atoms with E-state index in [1.807, 2.05) is 54.3 Å². The van der Waals surface area contributed by atoms with Crippen molar-refractivity contribution in [2.75, 3.05) is 43.0 Å². The number of carbonyl (C=O) groups excluding carboxylic acids is 2. The van der Waals surface area contributed by atoms with Crippen LogP contribution in [0.25, 0.3) is 0 Å². The quantitative estimate of drug-likeness (QED) is 0.806. The Morgan fingerprint density at radius 1 is 1.04 bits per heavy atom. The van der Waals surface area contributed by atoms with E-state index in [2.05, 4.69) is 4.90 Å². The van der Waals surface area contributed by atoms with Crippen LogP contribution in [0.15, 0.2) is 48.5 Å². The molecule has 3 rings (SSSR count). The number of hydrogen-bond donors (Lipinski definition) is 0. The van der Waals surface area contributed by atoms with Gasteiger partial charge in [0.1, 0.15) is 0 Å². The summed E-state index contributed by atoms with van der Waals surface area (Å²) in [6.07, 6.45) is 0.400.